The van der Waals surface area contributed by atoms with Gasteiger partial charge in [0.2, 0.25) is 5.88 Å². The van der Waals surface area contributed by atoms with E-state index in [1.165, 1.54) is 0 Å². The number of benzene rings is 2. The second kappa shape index (κ2) is 6.51. The van der Waals surface area contributed by atoms with E-state index in [1.807, 2.05) is 25.1 Å². The third-order valence-corrected chi connectivity index (χ3v) is 5.84. The summed E-state index contributed by atoms with van der Waals surface area (Å²) in [4.78, 5) is 13.3. The summed E-state index contributed by atoms with van der Waals surface area (Å²) in [6, 6.07) is 14.1. The number of allylic oxidation sites excluding steroid dienone is 2. The van der Waals surface area contributed by atoms with Crippen molar-refractivity contribution in [2.75, 3.05) is 5.32 Å². The van der Waals surface area contributed by atoms with Crippen molar-refractivity contribution in [1.29, 1.82) is 0 Å². The molecule has 0 amide bonds. The van der Waals surface area contributed by atoms with Gasteiger partial charge in [-0.25, -0.2) is 0 Å². The molecule has 1 aromatic heterocycles. The molecule has 2 aliphatic rings. The smallest absolute Gasteiger partial charge is 0.233 e. The van der Waals surface area contributed by atoms with Gasteiger partial charge in [0, 0.05) is 29.5 Å². The van der Waals surface area contributed by atoms with Gasteiger partial charge in [-0.1, -0.05) is 35.5 Å². The lowest BCUT2D eigenvalue weighted by Gasteiger charge is -2.34. The number of Topliss-reactive ketones (excluding diaryl/α,β-unsaturated/α-hetero) is 1. The molecule has 3 aromatic rings. The van der Waals surface area contributed by atoms with E-state index in [9.17, 15) is 15.0 Å². The number of carbonyl (C=O) groups excluding carboxylic acids is 1. The van der Waals surface area contributed by atoms with Gasteiger partial charge >= 0.3 is 0 Å². The van der Waals surface area contributed by atoms with Crippen molar-refractivity contribution in [2.45, 2.75) is 31.6 Å². The maximum Gasteiger partial charge on any atom is 0.233 e. The predicted molar refractivity (Wildman–Crippen MR) is 107 cm³/mol. The van der Waals surface area contributed by atoms with Crippen LogP contribution in [-0.2, 0) is 4.79 Å². The number of aryl methyl sites for hydroxylation is 1. The van der Waals surface area contributed by atoms with Gasteiger partial charge < -0.3 is 20.1 Å². The van der Waals surface area contributed by atoms with Crippen LogP contribution in [0, 0.1) is 6.92 Å². The largest absolute Gasteiger partial charge is 0.508 e. The molecular weight excluding hydrogens is 368 g/mol. The topological polar surface area (TPSA) is 95.6 Å². The molecule has 6 nitrogen and oxygen atoms in total. The Morgan fingerprint density at radius 3 is 2.72 bits per heavy atom. The second-order valence-electron chi connectivity index (χ2n) is 7.64. The molecule has 146 valence electrons. The Morgan fingerprint density at radius 2 is 1.93 bits per heavy atom. The van der Waals surface area contributed by atoms with Gasteiger partial charge in [-0.3, -0.25) is 4.79 Å². The monoisotopic (exact) mass is 388 g/mol. The number of carbonyl (C=O) groups is 1. The summed E-state index contributed by atoms with van der Waals surface area (Å²) in [5.74, 6) is 0.426. The Hall–Kier alpha value is -3.54. The molecular formula is C23H20N2O4. The van der Waals surface area contributed by atoms with Crippen LogP contribution in [0.3, 0.4) is 0 Å². The Kier molecular flexibility index (Phi) is 3.94. The third kappa shape index (κ3) is 2.79. The lowest BCUT2D eigenvalue weighted by atomic mass is 9.72. The van der Waals surface area contributed by atoms with Gasteiger partial charge in [0.1, 0.15) is 11.5 Å². The Balaban J connectivity index is 1.64. The molecule has 2 atom stereocenters. The first-order valence-electron chi connectivity index (χ1n) is 9.59. The highest BCUT2D eigenvalue weighted by Crippen LogP contribution is 2.49. The van der Waals surface area contributed by atoms with Crippen LogP contribution in [0.4, 0.5) is 5.88 Å². The molecule has 1 aliphatic carbocycles. The molecule has 2 aromatic carbocycles. The molecule has 0 unspecified atom stereocenters. The van der Waals surface area contributed by atoms with Gasteiger partial charge in [0.15, 0.2) is 5.78 Å². The summed E-state index contributed by atoms with van der Waals surface area (Å²) in [7, 11) is 0. The van der Waals surface area contributed by atoms with Crippen LogP contribution in [0.2, 0.25) is 0 Å². The molecule has 5 rings (SSSR count). The first kappa shape index (κ1) is 17.6. The van der Waals surface area contributed by atoms with Crippen LogP contribution in [0.15, 0.2) is 64.3 Å². The SMILES string of the molecule is Cc1noc2c1[C@H](c1cccc(O)c1)C1=C(C[C@@H](c3ccccc3O)CC1=O)N2. The number of hydrogen-bond donors (Lipinski definition) is 3. The Morgan fingerprint density at radius 1 is 1.10 bits per heavy atom. The summed E-state index contributed by atoms with van der Waals surface area (Å²) in [5, 5.41) is 27.6. The van der Waals surface area contributed by atoms with E-state index in [0.717, 1.165) is 22.4 Å². The first-order chi connectivity index (χ1) is 14.0. The fourth-order valence-electron chi connectivity index (χ4n) is 4.56. The van der Waals surface area contributed by atoms with Crippen LogP contribution >= 0.6 is 0 Å². The van der Waals surface area contributed by atoms with E-state index in [0.29, 0.717) is 30.0 Å². The molecule has 0 saturated carbocycles. The van der Waals surface area contributed by atoms with Crippen LogP contribution in [0.1, 0.15) is 47.1 Å². The molecule has 0 saturated heterocycles. The summed E-state index contributed by atoms with van der Waals surface area (Å²) in [6.07, 6.45) is 0.889. The molecule has 1 aliphatic heterocycles. The number of ketones is 1. The highest BCUT2D eigenvalue weighted by atomic mass is 16.5. The minimum absolute atomic E-state index is 0.0200. The van der Waals surface area contributed by atoms with E-state index in [2.05, 4.69) is 10.5 Å². The number of hydrogen-bond acceptors (Lipinski definition) is 6. The average Bonchev–Trinajstić information content (AvgIpc) is 3.07. The van der Waals surface area contributed by atoms with E-state index in [4.69, 9.17) is 4.52 Å². The van der Waals surface area contributed by atoms with Crippen molar-refractivity contribution in [3.05, 3.63) is 82.2 Å². The van der Waals surface area contributed by atoms with Gasteiger partial charge in [0.25, 0.3) is 0 Å². The van der Waals surface area contributed by atoms with Gasteiger partial charge in [0.05, 0.1) is 11.3 Å². The van der Waals surface area contributed by atoms with E-state index < -0.39 is 0 Å². The zero-order chi connectivity index (χ0) is 20.1. The number of para-hydroxylation sites is 1. The molecule has 0 radical (unpaired) electrons. The molecule has 6 heteroatoms. The minimum Gasteiger partial charge on any atom is -0.508 e. The van der Waals surface area contributed by atoms with Gasteiger partial charge in [-0.05, 0) is 42.7 Å². The maximum atomic E-state index is 13.3. The number of phenolic OH excluding ortho intramolecular Hbond substituents is 2. The van der Waals surface area contributed by atoms with Crippen molar-refractivity contribution in [1.82, 2.24) is 5.16 Å². The van der Waals surface area contributed by atoms with Crippen molar-refractivity contribution < 1.29 is 19.5 Å². The minimum atomic E-state index is -0.350. The van der Waals surface area contributed by atoms with Crippen LogP contribution in [-0.4, -0.2) is 21.2 Å². The molecule has 2 heterocycles. The zero-order valence-corrected chi connectivity index (χ0v) is 15.8. The fraction of sp³-hybridized carbons (Fsp3) is 0.217. The van der Waals surface area contributed by atoms with Crippen molar-refractivity contribution in [3.63, 3.8) is 0 Å². The summed E-state index contributed by atoms with van der Waals surface area (Å²) >= 11 is 0. The highest BCUT2D eigenvalue weighted by molar-refractivity contribution is 6.01. The summed E-state index contributed by atoms with van der Waals surface area (Å²) in [5.41, 5.74) is 4.59. The van der Waals surface area contributed by atoms with E-state index in [-0.39, 0.29) is 29.1 Å². The summed E-state index contributed by atoms with van der Waals surface area (Å²) in [6.45, 7) is 1.85. The standard InChI is InChI=1S/C23H20N2O4/c1-12-20-21(13-5-4-6-15(26)9-13)22-17(24-23(20)29-25-12)10-14(11-19(22)28)16-7-2-3-8-18(16)27/h2-9,14,21,24,26-27H,10-11H2,1H3/t14-,21+/m1/s1. The van der Waals surface area contributed by atoms with Gasteiger partial charge in [-0.2, -0.15) is 0 Å². The number of nitrogens with zero attached hydrogens (tertiary/aromatic N) is 1. The third-order valence-electron chi connectivity index (χ3n) is 5.84. The highest BCUT2D eigenvalue weighted by Gasteiger charge is 2.41. The molecule has 29 heavy (non-hydrogen) atoms. The molecule has 0 bridgehead atoms. The quantitative estimate of drug-likeness (QED) is 0.604. The van der Waals surface area contributed by atoms with Gasteiger partial charge in [-0.15, -0.1) is 0 Å². The predicted octanol–water partition coefficient (Wildman–Crippen LogP) is 4.35. The average molecular weight is 388 g/mol. The number of rotatable bonds is 2. The number of phenols is 2. The summed E-state index contributed by atoms with van der Waals surface area (Å²) < 4.78 is 5.50. The number of aromatic hydroxyl groups is 2. The van der Waals surface area contributed by atoms with Crippen LogP contribution in [0.25, 0.3) is 0 Å². The zero-order valence-electron chi connectivity index (χ0n) is 15.8. The van der Waals surface area contributed by atoms with Crippen molar-refractivity contribution >= 4 is 11.7 Å². The van der Waals surface area contributed by atoms with Crippen molar-refractivity contribution in [3.8, 4) is 11.5 Å². The first-order valence-corrected chi connectivity index (χ1v) is 9.59. The Bertz CT molecular complexity index is 1160. The Labute approximate surface area is 167 Å². The van der Waals surface area contributed by atoms with Crippen molar-refractivity contribution in [2.24, 2.45) is 0 Å². The van der Waals surface area contributed by atoms with E-state index >= 15 is 0 Å². The number of nitrogens with one attached hydrogen (secondary N) is 1. The van der Waals surface area contributed by atoms with Crippen LogP contribution in [0.5, 0.6) is 11.5 Å². The lowest BCUT2D eigenvalue weighted by molar-refractivity contribution is -0.116. The number of fused-ring (bicyclic) bond motifs is 1. The fourth-order valence-corrected chi connectivity index (χ4v) is 4.56. The molecule has 3 N–H and O–H groups in total. The second-order valence-corrected chi connectivity index (χ2v) is 7.64. The number of anilines is 1. The normalized spacial score (nSPS) is 20.8. The lowest BCUT2D eigenvalue weighted by Crippen LogP contribution is -2.29. The molecule has 0 fully saturated rings. The maximum absolute atomic E-state index is 13.3. The van der Waals surface area contributed by atoms with Crippen LogP contribution < -0.4 is 5.32 Å². The molecule has 0 spiro atoms. The number of aromatic nitrogens is 1. The van der Waals surface area contributed by atoms with E-state index in [1.54, 1.807) is 30.3 Å².